The second-order valence-electron chi connectivity index (χ2n) is 3.18. The summed E-state index contributed by atoms with van der Waals surface area (Å²) in [6.45, 7) is 1.93. The van der Waals surface area contributed by atoms with Gasteiger partial charge in [0.25, 0.3) is 0 Å². The number of benzene rings is 1. The van der Waals surface area contributed by atoms with E-state index in [2.05, 4.69) is 4.18 Å². The number of aryl methyl sites for hydroxylation is 1. The topological polar surface area (TPSA) is 60.4 Å². The normalized spacial score (nSPS) is 13.9. The molecule has 88 valence electrons. The molecule has 1 atom stereocenters. The van der Waals surface area contributed by atoms with Crippen LogP contribution in [0.1, 0.15) is 5.56 Å². The van der Waals surface area contributed by atoms with Gasteiger partial charge in [-0.1, -0.05) is 17.7 Å². The summed E-state index contributed by atoms with van der Waals surface area (Å²) in [7, 11) is -4.93. The molecule has 6 heteroatoms. The molecule has 0 saturated heterocycles. The van der Waals surface area contributed by atoms with Gasteiger partial charge in [-0.25, -0.2) is 4.21 Å². The van der Waals surface area contributed by atoms with Gasteiger partial charge in [-0.05, 0) is 19.1 Å². The van der Waals surface area contributed by atoms with Crippen LogP contribution in [0.25, 0.3) is 0 Å². The molecule has 0 fully saturated rings. The van der Waals surface area contributed by atoms with Crippen molar-refractivity contribution in [2.24, 2.45) is 0 Å². The maximum Gasteiger partial charge on any atom is 0.305 e. The van der Waals surface area contributed by atoms with Gasteiger partial charge >= 0.3 is 10.1 Å². The second kappa shape index (κ2) is 5.27. The van der Waals surface area contributed by atoms with Crippen LogP contribution in [0.2, 0.25) is 0 Å². The Hall–Kier alpha value is -1.14. The van der Waals surface area contributed by atoms with Crippen molar-refractivity contribution in [2.75, 3.05) is 6.26 Å². The van der Waals surface area contributed by atoms with Crippen molar-refractivity contribution < 1.29 is 16.8 Å². The lowest BCUT2D eigenvalue weighted by Crippen LogP contribution is -1.96. The van der Waals surface area contributed by atoms with Crippen LogP contribution >= 0.6 is 0 Å². The fourth-order valence-electron chi connectivity index (χ4n) is 0.925. The van der Waals surface area contributed by atoms with Crippen molar-refractivity contribution in [3.05, 3.63) is 41.5 Å². The van der Waals surface area contributed by atoms with Gasteiger partial charge in [0.2, 0.25) is 0 Å². The Balaban J connectivity index is 2.70. The summed E-state index contributed by atoms with van der Waals surface area (Å²) in [6.07, 6.45) is 1.84. The van der Waals surface area contributed by atoms with Crippen molar-refractivity contribution in [1.82, 2.24) is 0 Å². The summed E-state index contributed by atoms with van der Waals surface area (Å²) >= 11 is 0. The smallest absolute Gasteiger partial charge is 0.305 e. The molecule has 0 aliphatic rings. The van der Waals surface area contributed by atoms with Gasteiger partial charge in [-0.15, -0.1) is 0 Å². The van der Waals surface area contributed by atoms with Gasteiger partial charge in [0.15, 0.2) is 0 Å². The third-order valence-electron chi connectivity index (χ3n) is 1.66. The summed E-state index contributed by atoms with van der Waals surface area (Å²) < 4.78 is 37.2. The largest absolute Gasteiger partial charge is 0.390 e. The van der Waals surface area contributed by atoms with Crippen LogP contribution < -0.4 is 0 Å². The lowest BCUT2D eigenvalue weighted by Gasteiger charge is -1.98. The first-order chi connectivity index (χ1) is 7.38. The van der Waals surface area contributed by atoms with E-state index in [4.69, 9.17) is 0 Å². The SMILES string of the molecule is Cc1ccc([S@@](=O)/C=C/OS(C)(=O)=O)cc1. The van der Waals surface area contributed by atoms with E-state index in [1.54, 1.807) is 12.1 Å². The predicted molar refractivity (Wildman–Crippen MR) is 62.7 cm³/mol. The van der Waals surface area contributed by atoms with Crippen LogP contribution in [0, 0.1) is 6.92 Å². The summed E-state index contributed by atoms with van der Waals surface area (Å²) in [5.74, 6) is 0. The van der Waals surface area contributed by atoms with Gasteiger partial charge in [-0.3, -0.25) is 0 Å². The molecule has 0 aliphatic carbocycles. The minimum Gasteiger partial charge on any atom is -0.390 e. The van der Waals surface area contributed by atoms with Gasteiger partial charge in [0, 0.05) is 10.3 Å². The Morgan fingerprint density at radius 3 is 2.31 bits per heavy atom. The molecule has 0 aliphatic heterocycles. The van der Waals surface area contributed by atoms with E-state index < -0.39 is 20.9 Å². The van der Waals surface area contributed by atoms with Crippen LogP contribution in [-0.2, 0) is 25.1 Å². The Kier molecular flexibility index (Phi) is 4.26. The standard InChI is InChI=1S/C10H12O4S2/c1-9-3-5-10(6-4-9)15(11)8-7-14-16(2,12)13/h3-8H,1-2H3/b8-7+/t15-/m0/s1. The molecule has 0 amide bonds. The van der Waals surface area contributed by atoms with E-state index in [1.807, 2.05) is 19.1 Å². The van der Waals surface area contributed by atoms with Crippen molar-refractivity contribution >= 4 is 20.9 Å². The zero-order valence-electron chi connectivity index (χ0n) is 8.91. The zero-order chi connectivity index (χ0) is 12.2. The molecule has 16 heavy (non-hydrogen) atoms. The molecule has 0 unspecified atom stereocenters. The first-order valence-electron chi connectivity index (χ1n) is 4.41. The number of rotatable bonds is 4. The van der Waals surface area contributed by atoms with Gasteiger partial charge < -0.3 is 4.18 Å². The second-order valence-corrected chi connectivity index (χ2v) is 6.12. The molecule has 0 saturated carbocycles. The number of hydrogen-bond donors (Lipinski definition) is 0. The highest BCUT2D eigenvalue weighted by Gasteiger charge is 2.00. The first kappa shape index (κ1) is 12.9. The Labute approximate surface area is 97.5 Å². The molecule has 0 radical (unpaired) electrons. The molecule has 1 rings (SSSR count). The first-order valence-corrected chi connectivity index (χ1v) is 7.43. The fraction of sp³-hybridized carbons (Fsp3) is 0.200. The average Bonchev–Trinajstić information content (AvgIpc) is 2.16. The molecule has 0 N–H and O–H groups in total. The van der Waals surface area contributed by atoms with E-state index in [-0.39, 0.29) is 0 Å². The lowest BCUT2D eigenvalue weighted by molar-refractivity contribution is 0.450. The average molecular weight is 260 g/mol. The molecule has 4 nitrogen and oxygen atoms in total. The molecular formula is C10H12O4S2. The van der Waals surface area contributed by atoms with Gasteiger partial charge in [0.1, 0.15) is 6.26 Å². The van der Waals surface area contributed by atoms with E-state index in [0.29, 0.717) is 4.90 Å². The minimum atomic E-state index is -3.53. The number of hydrogen-bond acceptors (Lipinski definition) is 4. The monoisotopic (exact) mass is 260 g/mol. The van der Waals surface area contributed by atoms with E-state index >= 15 is 0 Å². The maximum absolute atomic E-state index is 11.6. The van der Waals surface area contributed by atoms with E-state index in [9.17, 15) is 12.6 Å². The Bertz CT molecular complexity index is 500. The highest BCUT2D eigenvalue weighted by molar-refractivity contribution is 7.88. The fourth-order valence-corrected chi connectivity index (χ4v) is 1.97. The third-order valence-corrected chi connectivity index (χ3v) is 3.22. The van der Waals surface area contributed by atoms with Crippen LogP contribution in [-0.4, -0.2) is 18.9 Å². The zero-order valence-corrected chi connectivity index (χ0v) is 10.5. The van der Waals surface area contributed by atoms with Crippen molar-refractivity contribution in [2.45, 2.75) is 11.8 Å². The van der Waals surface area contributed by atoms with E-state index in [0.717, 1.165) is 18.1 Å². The summed E-state index contributed by atoms with van der Waals surface area (Å²) in [5, 5.41) is 1.19. The van der Waals surface area contributed by atoms with Crippen molar-refractivity contribution in [1.29, 1.82) is 0 Å². The van der Waals surface area contributed by atoms with Crippen molar-refractivity contribution in [3.63, 3.8) is 0 Å². The molecule has 0 heterocycles. The van der Waals surface area contributed by atoms with Gasteiger partial charge in [-0.2, -0.15) is 8.42 Å². The van der Waals surface area contributed by atoms with Crippen molar-refractivity contribution in [3.8, 4) is 0 Å². The summed E-state index contributed by atoms with van der Waals surface area (Å²) in [5.41, 5.74) is 1.07. The molecule has 0 bridgehead atoms. The van der Waals surface area contributed by atoms with Crippen LogP contribution in [0.5, 0.6) is 0 Å². The molecular weight excluding hydrogens is 248 g/mol. The van der Waals surface area contributed by atoms with E-state index in [1.165, 1.54) is 5.41 Å². The lowest BCUT2D eigenvalue weighted by atomic mass is 10.2. The predicted octanol–water partition coefficient (Wildman–Crippen LogP) is 1.55. The third kappa shape index (κ3) is 4.59. The highest BCUT2D eigenvalue weighted by Crippen LogP contribution is 2.09. The van der Waals surface area contributed by atoms with Crippen LogP contribution in [0.15, 0.2) is 40.8 Å². The highest BCUT2D eigenvalue weighted by atomic mass is 32.2. The van der Waals surface area contributed by atoms with Crippen LogP contribution in [0.4, 0.5) is 0 Å². The molecule has 1 aromatic carbocycles. The molecule has 0 spiro atoms. The Morgan fingerprint density at radius 2 is 1.81 bits per heavy atom. The van der Waals surface area contributed by atoms with Crippen LogP contribution in [0.3, 0.4) is 0 Å². The Morgan fingerprint density at radius 1 is 1.25 bits per heavy atom. The molecule has 0 aromatic heterocycles. The minimum absolute atomic E-state index is 0.596. The van der Waals surface area contributed by atoms with Gasteiger partial charge in [0.05, 0.1) is 17.1 Å². The molecule has 1 aromatic rings. The summed E-state index contributed by atoms with van der Waals surface area (Å²) in [6, 6.07) is 7.10. The summed E-state index contributed by atoms with van der Waals surface area (Å²) in [4.78, 5) is 0.596. The quantitative estimate of drug-likeness (QED) is 0.608. The maximum atomic E-state index is 11.6.